The lowest BCUT2D eigenvalue weighted by atomic mass is 10.0. The summed E-state index contributed by atoms with van der Waals surface area (Å²) in [6.45, 7) is 5.04. The van der Waals surface area contributed by atoms with Crippen molar-refractivity contribution >= 4 is 17.3 Å². The van der Waals surface area contributed by atoms with E-state index in [1.807, 2.05) is 49.5 Å². The Kier molecular flexibility index (Phi) is 6.47. The molecule has 0 aliphatic carbocycles. The number of hydrogen-bond donors (Lipinski definition) is 1. The van der Waals surface area contributed by atoms with Crippen LogP contribution in [0.1, 0.15) is 29.6 Å². The van der Waals surface area contributed by atoms with Crippen LogP contribution in [-0.2, 0) is 4.74 Å². The van der Waals surface area contributed by atoms with Crippen LogP contribution in [0.3, 0.4) is 0 Å². The first-order valence-electron chi connectivity index (χ1n) is 10.7. The van der Waals surface area contributed by atoms with Crippen molar-refractivity contribution in [3.05, 3.63) is 60.2 Å². The van der Waals surface area contributed by atoms with Gasteiger partial charge >= 0.3 is 0 Å². The van der Waals surface area contributed by atoms with Gasteiger partial charge in [0.25, 0.3) is 5.91 Å². The van der Waals surface area contributed by atoms with E-state index in [1.165, 1.54) is 6.42 Å². The normalized spacial score (nSPS) is 20.5. The molecule has 5 heteroatoms. The van der Waals surface area contributed by atoms with Gasteiger partial charge < -0.3 is 19.9 Å². The number of para-hydroxylation sites is 2. The van der Waals surface area contributed by atoms with Crippen molar-refractivity contribution in [1.29, 1.82) is 0 Å². The third-order valence-electron chi connectivity index (χ3n) is 6.12. The second kappa shape index (κ2) is 9.42. The summed E-state index contributed by atoms with van der Waals surface area (Å²) in [5.41, 5.74) is 2.72. The SMILES string of the molecule is CN(c1ccccc1)c1ccccc1C(=O)NC1CCN(CC2CCOC2)CC1. The molecule has 0 spiro atoms. The minimum absolute atomic E-state index is 0.0195. The van der Waals surface area contributed by atoms with E-state index in [-0.39, 0.29) is 11.9 Å². The highest BCUT2D eigenvalue weighted by molar-refractivity contribution is 6.00. The molecule has 1 atom stereocenters. The highest BCUT2D eigenvalue weighted by Crippen LogP contribution is 2.27. The largest absolute Gasteiger partial charge is 0.381 e. The summed E-state index contributed by atoms with van der Waals surface area (Å²) in [6, 6.07) is 18.2. The molecular formula is C24H31N3O2. The molecule has 2 aromatic carbocycles. The molecule has 1 N–H and O–H groups in total. The summed E-state index contributed by atoms with van der Waals surface area (Å²) in [5, 5.41) is 3.28. The van der Waals surface area contributed by atoms with Crippen LogP contribution in [0.2, 0.25) is 0 Å². The van der Waals surface area contributed by atoms with Gasteiger partial charge in [-0.25, -0.2) is 0 Å². The summed E-state index contributed by atoms with van der Waals surface area (Å²) >= 11 is 0. The van der Waals surface area contributed by atoms with Gasteiger partial charge in [-0.3, -0.25) is 4.79 Å². The number of anilines is 2. The predicted octanol–water partition coefficient (Wildman–Crippen LogP) is 3.69. The molecule has 4 rings (SSSR count). The first-order chi connectivity index (χ1) is 14.2. The zero-order valence-corrected chi connectivity index (χ0v) is 17.2. The zero-order chi connectivity index (χ0) is 20.1. The average molecular weight is 394 g/mol. The van der Waals surface area contributed by atoms with Gasteiger partial charge in [-0.2, -0.15) is 0 Å². The molecule has 0 saturated carbocycles. The summed E-state index contributed by atoms with van der Waals surface area (Å²) < 4.78 is 5.50. The van der Waals surface area contributed by atoms with Gasteiger partial charge in [-0.05, 0) is 49.4 Å². The summed E-state index contributed by atoms with van der Waals surface area (Å²) in [4.78, 5) is 17.7. The molecule has 2 aliphatic rings. The Morgan fingerprint density at radius 3 is 2.52 bits per heavy atom. The van der Waals surface area contributed by atoms with Crippen LogP contribution in [0.25, 0.3) is 0 Å². The zero-order valence-electron chi connectivity index (χ0n) is 17.2. The minimum atomic E-state index is 0.0195. The quantitative estimate of drug-likeness (QED) is 0.813. The molecule has 2 heterocycles. The van der Waals surface area contributed by atoms with Gasteiger partial charge in [0, 0.05) is 45.0 Å². The van der Waals surface area contributed by atoms with E-state index in [0.29, 0.717) is 5.92 Å². The second-order valence-corrected chi connectivity index (χ2v) is 8.19. The van der Waals surface area contributed by atoms with Crippen molar-refractivity contribution < 1.29 is 9.53 Å². The lowest BCUT2D eigenvalue weighted by molar-refractivity contribution is 0.0904. The maximum atomic E-state index is 13.1. The van der Waals surface area contributed by atoms with E-state index in [1.54, 1.807) is 0 Å². The molecule has 0 radical (unpaired) electrons. The lowest BCUT2D eigenvalue weighted by Gasteiger charge is -2.33. The van der Waals surface area contributed by atoms with Gasteiger partial charge in [0.1, 0.15) is 0 Å². The third kappa shape index (κ3) is 4.98. The van der Waals surface area contributed by atoms with Crippen LogP contribution < -0.4 is 10.2 Å². The van der Waals surface area contributed by atoms with Crippen molar-refractivity contribution in [2.75, 3.05) is 44.8 Å². The van der Waals surface area contributed by atoms with Crippen molar-refractivity contribution in [3.63, 3.8) is 0 Å². The fourth-order valence-electron chi connectivity index (χ4n) is 4.36. The van der Waals surface area contributed by atoms with Crippen LogP contribution >= 0.6 is 0 Å². The van der Waals surface area contributed by atoms with E-state index in [0.717, 1.165) is 62.6 Å². The molecule has 0 bridgehead atoms. The fourth-order valence-corrected chi connectivity index (χ4v) is 4.36. The number of hydrogen-bond acceptors (Lipinski definition) is 4. The molecule has 2 saturated heterocycles. The van der Waals surface area contributed by atoms with E-state index in [4.69, 9.17) is 4.74 Å². The van der Waals surface area contributed by atoms with Crippen LogP contribution in [0, 0.1) is 5.92 Å². The Labute approximate surface area is 173 Å². The molecule has 2 fully saturated rings. The second-order valence-electron chi connectivity index (χ2n) is 8.19. The number of likely N-dealkylation sites (tertiary alicyclic amines) is 1. The van der Waals surface area contributed by atoms with Crippen LogP contribution in [-0.4, -0.2) is 56.7 Å². The van der Waals surface area contributed by atoms with E-state index in [9.17, 15) is 4.79 Å². The van der Waals surface area contributed by atoms with Gasteiger partial charge in [-0.15, -0.1) is 0 Å². The number of carbonyl (C=O) groups excluding carboxylic acids is 1. The molecule has 1 amide bonds. The van der Waals surface area contributed by atoms with E-state index >= 15 is 0 Å². The first-order valence-corrected chi connectivity index (χ1v) is 10.7. The molecule has 0 aromatic heterocycles. The maximum Gasteiger partial charge on any atom is 0.253 e. The first kappa shape index (κ1) is 19.9. The molecule has 2 aliphatic heterocycles. The Bertz CT molecular complexity index is 797. The van der Waals surface area contributed by atoms with Crippen LogP contribution in [0.4, 0.5) is 11.4 Å². The topological polar surface area (TPSA) is 44.8 Å². The number of carbonyl (C=O) groups is 1. The van der Waals surface area contributed by atoms with Crippen molar-refractivity contribution in [3.8, 4) is 0 Å². The van der Waals surface area contributed by atoms with E-state index < -0.39 is 0 Å². The monoisotopic (exact) mass is 393 g/mol. The van der Waals surface area contributed by atoms with Gasteiger partial charge in [0.05, 0.1) is 17.9 Å². The Morgan fingerprint density at radius 1 is 1.07 bits per heavy atom. The number of amides is 1. The smallest absolute Gasteiger partial charge is 0.253 e. The van der Waals surface area contributed by atoms with Crippen LogP contribution in [0.5, 0.6) is 0 Å². The third-order valence-corrected chi connectivity index (χ3v) is 6.12. The number of nitrogens with zero attached hydrogens (tertiary/aromatic N) is 2. The predicted molar refractivity (Wildman–Crippen MR) is 117 cm³/mol. The molecule has 1 unspecified atom stereocenters. The number of nitrogens with one attached hydrogen (secondary N) is 1. The number of benzene rings is 2. The Balaban J connectivity index is 1.36. The van der Waals surface area contributed by atoms with Crippen molar-refractivity contribution in [2.45, 2.75) is 25.3 Å². The standard InChI is InChI=1S/C24H31N3O2/c1-26(21-7-3-2-4-8-21)23-10-6-5-9-22(23)24(28)25-20-11-14-27(15-12-20)17-19-13-16-29-18-19/h2-10,19-20H,11-18H2,1H3,(H,25,28). The summed E-state index contributed by atoms with van der Waals surface area (Å²) in [6.07, 6.45) is 3.20. The minimum Gasteiger partial charge on any atom is -0.381 e. The highest BCUT2D eigenvalue weighted by Gasteiger charge is 2.25. The van der Waals surface area contributed by atoms with Crippen molar-refractivity contribution in [2.24, 2.45) is 5.92 Å². The average Bonchev–Trinajstić information content (AvgIpc) is 3.28. The van der Waals surface area contributed by atoms with Gasteiger partial charge in [0.2, 0.25) is 0 Å². The molecule has 2 aromatic rings. The van der Waals surface area contributed by atoms with Gasteiger partial charge in [0.15, 0.2) is 0 Å². The highest BCUT2D eigenvalue weighted by atomic mass is 16.5. The Morgan fingerprint density at radius 2 is 1.79 bits per heavy atom. The number of piperidine rings is 1. The Hall–Kier alpha value is -2.37. The van der Waals surface area contributed by atoms with E-state index in [2.05, 4.69) is 27.2 Å². The maximum absolute atomic E-state index is 13.1. The summed E-state index contributed by atoms with van der Waals surface area (Å²) in [5.74, 6) is 0.701. The fraction of sp³-hybridized carbons (Fsp3) is 0.458. The summed E-state index contributed by atoms with van der Waals surface area (Å²) in [7, 11) is 2.01. The molecule has 29 heavy (non-hydrogen) atoms. The lowest BCUT2D eigenvalue weighted by Crippen LogP contribution is -2.46. The molecule has 5 nitrogen and oxygen atoms in total. The molecular weight excluding hydrogens is 362 g/mol. The number of ether oxygens (including phenoxy) is 1. The van der Waals surface area contributed by atoms with Crippen molar-refractivity contribution in [1.82, 2.24) is 10.2 Å². The number of rotatable bonds is 6. The van der Waals surface area contributed by atoms with Gasteiger partial charge in [-0.1, -0.05) is 30.3 Å². The van der Waals surface area contributed by atoms with Crippen LogP contribution in [0.15, 0.2) is 54.6 Å². The molecule has 154 valence electrons.